The van der Waals surface area contributed by atoms with Gasteiger partial charge < -0.3 is 5.32 Å². The van der Waals surface area contributed by atoms with Crippen LogP contribution in [0.5, 0.6) is 0 Å². The molecule has 0 aromatic heterocycles. The number of fused-ring (bicyclic) bond motifs is 1. The minimum Gasteiger partial charge on any atom is -0.322 e. The van der Waals surface area contributed by atoms with Crippen molar-refractivity contribution in [1.82, 2.24) is 4.90 Å². The first-order valence-electron chi connectivity index (χ1n) is 9.95. The maximum Gasteiger partial charge on any atom is 0.250 e. The number of nitrogens with one attached hydrogen (secondary N) is 1. The van der Waals surface area contributed by atoms with Crippen LogP contribution >= 0.6 is 0 Å². The fourth-order valence-electron chi connectivity index (χ4n) is 5.31. The fraction of sp³-hybridized carbons (Fsp3) is 0.619. The van der Waals surface area contributed by atoms with E-state index >= 15 is 0 Å². The Labute approximate surface area is 155 Å². The molecule has 2 unspecified atom stereocenters. The summed E-state index contributed by atoms with van der Waals surface area (Å²) in [6, 6.07) is 7.71. The first-order valence-corrected chi connectivity index (χ1v) is 9.95. The van der Waals surface area contributed by atoms with Crippen molar-refractivity contribution in [1.29, 1.82) is 0 Å². The van der Waals surface area contributed by atoms with Crippen LogP contribution in [0, 0.1) is 11.8 Å². The highest BCUT2D eigenvalue weighted by Gasteiger charge is 2.52. The zero-order valence-electron chi connectivity index (χ0n) is 15.8. The van der Waals surface area contributed by atoms with E-state index in [0.717, 1.165) is 50.1 Å². The number of likely N-dealkylation sites (tertiary alicyclic amines) is 1. The second-order valence-electron chi connectivity index (χ2n) is 8.58. The molecule has 2 amide bonds. The third-order valence-corrected chi connectivity index (χ3v) is 6.23. The third-order valence-electron chi connectivity index (χ3n) is 6.23. The van der Waals surface area contributed by atoms with Crippen LogP contribution in [0.2, 0.25) is 0 Å². The monoisotopic (exact) mass is 355 g/mol. The van der Waals surface area contributed by atoms with Crippen molar-refractivity contribution in [3.8, 4) is 0 Å². The Morgan fingerprint density at radius 2 is 1.81 bits per heavy atom. The molecule has 1 saturated carbocycles. The lowest BCUT2D eigenvalue weighted by Crippen LogP contribution is -2.62. The van der Waals surface area contributed by atoms with E-state index in [1.165, 1.54) is 6.42 Å². The summed E-state index contributed by atoms with van der Waals surface area (Å²) < 4.78 is 0. The third kappa shape index (κ3) is 2.92. The molecule has 3 aliphatic rings. The summed E-state index contributed by atoms with van der Waals surface area (Å²) in [5.74, 6) is 1.28. The van der Waals surface area contributed by atoms with Crippen LogP contribution in [0.4, 0.5) is 11.4 Å². The number of carbonyl (C=O) groups is 2. The average Bonchev–Trinajstić information content (AvgIpc) is 3.05. The van der Waals surface area contributed by atoms with E-state index in [4.69, 9.17) is 0 Å². The molecular weight excluding hydrogens is 326 g/mol. The molecule has 1 aliphatic carbocycles. The lowest BCUT2D eigenvalue weighted by atomic mass is 9.89. The van der Waals surface area contributed by atoms with Crippen molar-refractivity contribution < 1.29 is 9.59 Å². The minimum absolute atomic E-state index is 0.0116. The number of para-hydroxylation sites is 2. The number of carbonyl (C=O) groups excluding carboxylic acids is 2. The van der Waals surface area contributed by atoms with Gasteiger partial charge in [0, 0.05) is 13.1 Å². The first-order chi connectivity index (χ1) is 12.5. The van der Waals surface area contributed by atoms with Gasteiger partial charge in [-0.2, -0.15) is 0 Å². The van der Waals surface area contributed by atoms with Crippen molar-refractivity contribution in [2.24, 2.45) is 11.8 Å². The molecule has 1 saturated heterocycles. The predicted octanol–water partition coefficient (Wildman–Crippen LogP) is 3.26. The van der Waals surface area contributed by atoms with Gasteiger partial charge in [0.05, 0.1) is 17.9 Å². The van der Waals surface area contributed by atoms with E-state index in [9.17, 15) is 9.59 Å². The number of benzene rings is 1. The van der Waals surface area contributed by atoms with Gasteiger partial charge in [0.15, 0.2) is 0 Å². The van der Waals surface area contributed by atoms with Gasteiger partial charge in [-0.1, -0.05) is 38.8 Å². The average molecular weight is 355 g/mol. The number of piperidine rings is 1. The molecule has 0 bridgehead atoms. The van der Waals surface area contributed by atoms with E-state index in [-0.39, 0.29) is 11.8 Å². The van der Waals surface area contributed by atoms with E-state index in [2.05, 4.69) is 24.1 Å². The molecule has 1 spiro atoms. The van der Waals surface area contributed by atoms with Gasteiger partial charge in [-0.15, -0.1) is 0 Å². The van der Waals surface area contributed by atoms with Gasteiger partial charge in [-0.05, 0) is 43.2 Å². The Hall–Kier alpha value is -1.88. The topological polar surface area (TPSA) is 52.7 Å². The highest BCUT2D eigenvalue weighted by atomic mass is 16.2. The van der Waals surface area contributed by atoms with Crippen LogP contribution in [0.25, 0.3) is 0 Å². The second-order valence-corrected chi connectivity index (χ2v) is 8.58. The summed E-state index contributed by atoms with van der Waals surface area (Å²) in [5.41, 5.74) is 0.916. The molecule has 5 nitrogen and oxygen atoms in total. The lowest BCUT2D eigenvalue weighted by Gasteiger charge is -2.45. The zero-order valence-corrected chi connectivity index (χ0v) is 15.8. The summed E-state index contributed by atoms with van der Waals surface area (Å²) in [7, 11) is 0. The Morgan fingerprint density at radius 3 is 2.50 bits per heavy atom. The summed E-state index contributed by atoms with van der Waals surface area (Å²) in [5, 5.41) is 3.05. The molecule has 1 aromatic rings. The number of hydrogen-bond acceptors (Lipinski definition) is 3. The molecule has 2 fully saturated rings. The van der Waals surface area contributed by atoms with Crippen molar-refractivity contribution in [3.63, 3.8) is 0 Å². The Balaban J connectivity index is 1.65. The first kappa shape index (κ1) is 17.5. The molecular formula is C21H29N3O2. The Kier molecular flexibility index (Phi) is 4.51. The molecule has 26 heavy (non-hydrogen) atoms. The summed E-state index contributed by atoms with van der Waals surface area (Å²) in [6.45, 7) is 6.85. The molecule has 140 valence electrons. The highest BCUT2D eigenvalue weighted by molar-refractivity contribution is 6.15. The molecule has 1 aromatic carbocycles. The number of hydrogen-bond donors (Lipinski definition) is 1. The van der Waals surface area contributed by atoms with Crippen LogP contribution in [0.3, 0.4) is 0 Å². The number of anilines is 2. The van der Waals surface area contributed by atoms with E-state index < -0.39 is 5.54 Å². The summed E-state index contributed by atoms with van der Waals surface area (Å²) >= 11 is 0. The van der Waals surface area contributed by atoms with Crippen LogP contribution in [0.1, 0.15) is 46.0 Å². The summed E-state index contributed by atoms with van der Waals surface area (Å²) in [6.07, 6.45) is 4.73. The van der Waals surface area contributed by atoms with Gasteiger partial charge in [0.1, 0.15) is 5.54 Å². The van der Waals surface area contributed by atoms with Crippen LogP contribution < -0.4 is 10.2 Å². The zero-order chi connectivity index (χ0) is 18.3. The second kappa shape index (κ2) is 6.69. The van der Waals surface area contributed by atoms with E-state index in [1.807, 2.05) is 29.2 Å². The fourth-order valence-corrected chi connectivity index (χ4v) is 5.31. The molecule has 2 aliphatic heterocycles. The lowest BCUT2D eigenvalue weighted by molar-refractivity contribution is -0.128. The van der Waals surface area contributed by atoms with Gasteiger partial charge in [-0.3, -0.25) is 19.4 Å². The molecule has 1 N–H and O–H groups in total. The van der Waals surface area contributed by atoms with Crippen LogP contribution in [-0.4, -0.2) is 41.9 Å². The molecule has 2 heterocycles. The number of rotatable bonds is 2. The number of amides is 2. The van der Waals surface area contributed by atoms with E-state index in [0.29, 0.717) is 18.4 Å². The minimum atomic E-state index is -0.696. The Bertz CT molecular complexity index is 701. The van der Waals surface area contributed by atoms with Crippen molar-refractivity contribution >= 4 is 23.2 Å². The Morgan fingerprint density at radius 1 is 1.15 bits per heavy atom. The van der Waals surface area contributed by atoms with Gasteiger partial charge >= 0.3 is 0 Å². The molecule has 4 rings (SSSR count). The highest BCUT2D eigenvalue weighted by Crippen LogP contribution is 2.45. The van der Waals surface area contributed by atoms with Crippen LogP contribution in [0.15, 0.2) is 24.3 Å². The maximum absolute atomic E-state index is 13.5. The summed E-state index contributed by atoms with van der Waals surface area (Å²) in [4.78, 5) is 30.5. The standard InChI is InChI=1S/C21H29N3O2/c1-15-11-16(2)13-23(12-15)14-19(25)24-18-8-4-3-7-17(18)22-20(26)21(24)9-5-6-10-21/h3-4,7-8,15-16H,5-6,9-14H2,1-2H3,(H,22,26). The normalized spacial score (nSPS) is 28.1. The van der Waals surface area contributed by atoms with Gasteiger partial charge in [-0.25, -0.2) is 0 Å². The van der Waals surface area contributed by atoms with Gasteiger partial charge in [0.2, 0.25) is 5.91 Å². The SMILES string of the molecule is CC1CC(C)CN(CC(=O)N2c3ccccc3NC(=O)C23CCCC3)C1. The van der Waals surface area contributed by atoms with E-state index in [1.54, 1.807) is 0 Å². The molecule has 5 heteroatoms. The molecule has 2 atom stereocenters. The molecule has 0 radical (unpaired) electrons. The predicted molar refractivity (Wildman–Crippen MR) is 103 cm³/mol. The van der Waals surface area contributed by atoms with Crippen molar-refractivity contribution in [3.05, 3.63) is 24.3 Å². The quantitative estimate of drug-likeness (QED) is 0.886. The van der Waals surface area contributed by atoms with Crippen LogP contribution in [-0.2, 0) is 9.59 Å². The smallest absolute Gasteiger partial charge is 0.250 e. The number of nitrogens with zero attached hydrogens (tertiary/aromatic N) is 2. The largest absolute Gasteiger partial charge is 0.322 e. The van der Waals surface area contributed by atoms with Crippen molar-refractivity contribution in [2.45, 2.75) is 51.5 Å². The van der Waals surface area contributed by atoms with Crippen molar-refractivity contribution in [2.75, 3.05) is 29.9 Å². The maximum atomic E-state index is 13.5. The van der Waals surface area contributed by atoms with Gasteiger partial charge in [0.25, 0.3) is 5.91 Å².